The number of carbonyl (C=O) groups is 1. The fourth-order valence-corrected chi connectivity index (χ4v) is 1.80. The highest BCUT2D eigenvalue weighted by atomic mass is 16.5. The van der Waals surface area contributed by atoms with E-state index in [-0.39, 0.29) is 22.4 Å². The van der Waals surface area contributed by atoms with Gasteiger partial charge in [-0.2, -0.15) is 0 Å². The van der Waals surface area contributed by atoms with E-state index < -0.39 is 5.97 Å². The second-order valence-electron chi connectivity index (χ2n) is 3.48. The predicted molar refractivity (Wildman–Crippen MR) is 63.4 cm³/mol. The van der Waals surface area contributed by atoms with Gasteiger partial charge >= 0.3 is 5.97 Å². The number of nitrogens with zero attached hydrogens (tertiary/aromatic N) is 2. The topological polar surface area (TPSA) is 103 Å². The Labute approximate surface area is 107 Å². The third-order valence-corrected chi connectivity index (χ3v) is 2.50. The van der Waals surface area contributed by atoms with Crippen LogP contribution in [0.5, 0.6) is 11.5 Å². The molecule has 92 valence electrons. The van der Waals surface area contributed by atoms with Gasteiger partial charge < -0.3 is 14.6 Å². The minimum Gasteiger partial charge on any atom is -0.478 e. The summed E-state index contributed by atoms with van der Waals surface area (Å²) in [6, 6.07) is 7.30. The molecule has 19 heavy (non-hydrogen) atoms. The first kappa shape index (κ1) is 12.2. The summed E-state index contributed by atoms with van der Waals surface area (Å²) in [5.41, 5.74) is -0.0360. The molecule has 0 fully saturated rings. The van der Waals surface area contributed by atoms with Crippen LogP contribution in [0, 0.1) is 23.0 Å². The van der Waals surface area contributed by atoms with Crippen molar-refractivity contribution in [2.24, 2.45) is 0 Å². The normalized spacial score (nSPS) is 9.37. The number of carboxylic acid groups (broad SMARTS) is 1. The van der Waals surface area contributed by atoms with Gasteiger partial charge in [-0.05, 0) is 18.2 Å². The Kier molecular flexibility index (Phi) is 3.18. The van der Waals surface area contributed by atoms with Gasteiger partial charge in [0.1, 0.15) is 5.75 Å². The minimum atomic E-state index is -1.16. The van der Waals surface area contributed by atoms with Gasteiger partial charge in [-0.1, -0.05) is 12.1 Å². The van der Waals surface area contributed by atoms with Gasteiger partial charge in [0.25, 0.3) is 12.5 Å². The molecule has 0 aromatic heterocycles. The van der Waals surface area contributed by atoms with Crippen LogP contribution >= 0.6 is 0 Å². The molecule has 0 unspecified atom stereocenters. The third kappa shape index (κ3) is 2.11. The Morgan fingerprint density at radius 1 is 1.05 bits per heavy atom. The van der Waals surface area contributed by atoms with E-state index in [9.17, 15) is 4.79 Å². The molecule has 6 nitrogen and oxygen atoms in total. The molecule has 0 radical (unpaired) electrons. The fraction of sp³-hybridized carbons (Fsp3) is 0. The van der Waals surface area contributed by atoms with Crippen molar-refractivity contribution in [3.8, 4) is 24.0 Å². The van der Waals surface area contributed by atoms with Crippen molar-refractivity contribution in [3.63, 3.8) is 0 Å². The van der Waals surface area contributed by atoms with Crippen LogP contribution in [0.1, 0.15) is 10.4 Å². The lowest BCUT2D eigenvalue weighted by atomic mass is 10.0. The zero-order chi connectivity index (χ0) is 13.8. The van der Waals surface area contributed by atoms with Gasteiger partial charge in [-0.15, -0.1) is 10.5 Å². The van der Waals surface area contributed by atoms with E-state index in [0.717, 1.165) is 0 Å². The highest BCUT2D eigenvalue weighted by Crippen LogP contribution is 2.35. The zero-order valence-electron chi connectivity index (χ0n) is 9.45. The van der Waals surface area contributed by atoms with E-state index in [4.69, 9.17) is 25.1 Å². The molecule has 0 saturated carbocycles. The second-order valence-corrected chi connectivity index (χ2v) is 3.48. The molecule has 2 aromatic rings. The lowest BCUT2D eigenvalue weighted by Crippen LogP contribution is -2.00. The number of carboxylic acids is 1. The van der Waals surface area contributed by atoms with Crippen molar-refractivity contribution < 1.29 is 19.4 Å². The average Bonchev–Trinajstić information content (AvgIpc) is 2.40. The van der Waals surface area contributed by atoms with Crippen LogP contribution in [-0.4, -0.2) is 11.1 Å². The summed E-state index contributed by atoms with van der Waals surface area (Å²) in [4.78, 5) is 11.2. The first-order valence-electron chi connectivity index (χ1n) is 5.10. The Hall–Kier alpha value is -3.25. The highest BCUT2D eigenvalue weighted by Gasteiger charge is 2.16. The Morgan fingerprint density at radius 3 is 2.37 bits per heavy atom. The molecular formula is C13H6N2O4. The molecule has 2 aromatic carbocycles. The van der Waals surface area contributed by atoms with Crippen molar-refractivity contribution in [3.05, 3.63) is 35.9 Å². The number of benzene rings is 2. The van der Waals surface area contributed by atoms with Gasteiger partial charge in [-0.25, -0.2) is 4.79 Å². The summed E-state index contributed by atoms with van der Waals surface area (Å²) in [5, 5.41) is 26.9. The summed E-state index contributed by atoms with van der Waals surface area (Å²) in [6.07, 6.45) is 3.02. The molecule has 0 saturated heterocycles. The monoisotopic (exact) mass is 254 g/mol. The summed E-state index contributed by atoms with van der Waals surface area (Å²) in [5.74, 6) is -0.867. The first-order chi connectivity index (χ1) is 9.19. The van der Waals surface area contributed by atoms with Crippen molar-refractivity contribution in [2.75, 3.05) is 0 Å². The summed E-state index contributed by atoms with van der Waals surface area (Å²) in [6.45, 7) is 0. The predicted octanol–water partition coefficient (Wildman–Crippen LogP) is 2.26. The molecular weight excluding hydrogens is 248 g/mol. The lowest BCUT2D eigenvalue weighted by Gasteiger charge is -2.09. The van der Waals surface area contributed by atoms with E-state index in [2.05, 4.69) is 0 Å². The third-order valence-electron chi connectivity index (χ3n) is 2.50. The summed E-state index contributed by atoms with van der Waals surface area (Å²) in [7, 11) is 0. The van der Waals surface area contributed by atoms with Crippen molar-refractivity contribution in [1.82, 2.24) is 0 Å². The largest absolute Gasteiger partial charge is 0.478 e. The van der Waals surface area contributed by atoms with E-state index in [0.29, 0.717) is 5.39 Å². The summed E-state index contributed by atoms with van der Waals surface area (Å²) >= 11 is 0. The van der Waals surface area contributed by atoms with Crippen LogP contribution in [0.3, 0.4) is 0 Å². The molecule has 0 amide bonds. The molecule has 0 aliphatic carbocycles. The molecule has 1 N–H and O–H groups in total. The zero-order valence-corrected chi connectivity index (χ0v) is 9.45. The number of hydrogen-bond donors (Lipinski definition) is 1. The maximum atomic E-state index is 11.2. The SMILES string of the molecule is N#COc1ccc(C(=O)O)c2c(OC#N)cccc12. The van der Waals surface area contributed by atoms with E-state index >= 15 is 0 Å². The van der Waals surface area contributed by atoms with Crippen molar-refractivity contribution in [1.29, 1.82) is 10.5 Å². The molecule has 6 heteroatoms. The van der Waals surface area contributed by atoms with E-state index in [1.165, 1.54) is 30.7 Å². The minimum absolute atomic E-state index is 0.0360. The van der Waals surface area contributed by atoms with Crippen LogP contribution < -0.4 is 9.47 Å². The van der Waals surface area contributed by atoms with E-state index in [1.54, 1.807) is 12.1 Å². The molecule has 0 spiro atoms. The van der Waals surface area contributed by atoms with Crippen LogP contribution in [-0.2, 0) is 0 Å². The fourth-order valence-electron chi connectivity index (χ4n) is 1.80. The Morgan fingerprint density at radius 2 is 1.74 bits per heavy atom. The standard InChI is InChI=1S/C13H6N2O4/c14-6-18-10-5-4-9(13(16)17)12-8(10)2-1-3-11(12)19-7-15/h1-5H,(H,16,17). The number of nitriles is 2. The van der Waals surface area contributed by atoms with Crippen LogP contribution in [0.4, 0.5) is 0 Å². The number of hydrogen-bond acceptors (Lipinski definition) is 5. The molecule has 0 heterocycles. The maximum Gasteiger partial charge on any atom is 0.336 e. The van der Waals surface area contributed by atoms with Crippen molar-refractivity contribution in [2.45, 2.75) is 0 Å². The van der Waals surface area contributed by atoms with Crippen molar-refractivity contribution >= 4 is 16.7 Å². The average molecular weight is 254 g/mol. The van der Waals surface area contributed by atoms with Gasteiger partial charge in [-0.3, -0.25) is 0 Å². The second kappa shape index (κ2) is 4.94. The van der Waals surface area contributed by atoms with Crippen LogP contribution in [0.2, 0.25) is 0 Å². The number of fused-ring (bicyclic) bond motifs is 1. The van der Waals surface area contributed by atoms with Gasteiger partial charge in [0.05, 0.1) is 5.56 Å². The number of aromatic carboxylic acids is 1. The maximum absolute atomic E-state index is 11.2. The highest BCUT2D eigenvalue weighted by molar-refractivity contribution is 6.08. The molecule has 0 atom stereocenters. The van der Waals surface area contributed by atoms with Gasteiger partial charge in [0.15, 0.2) is 5.75 Å². The smallest absolute Gasteiger partial charge is 0.336 e. The Balaban J connectivity index is 2.86. The van der Waals surface area contributed by atoms with Gasteiger partial charge in [0.2, 0.25) is 0 Å². The van der Waals surface area contributed by atoms with Crippen LogP contribution in [0.25, 0.3) is 10.8 Å². The lowest BCUT2D eigenvalue weighted by molar-refractivity contribution is 0.0699. The number of ether oxygens (including phenoxy) is 2. The molecule has 0 aliphatic rings. The molecule has 0 bridgehead atoms. The summed E-state index contributed by atoms with van der Waals surface area (Å²) < 4.78 is 9.51. The quantitative estimate of drug-likeness (QED) is 0.842. The van der Waals surface area contributed by atoms with Crippen LogP contribution in [0.15, 0.2) is 30.3 Å². The first-order valence-corrected chi connectivity index (χ1v) is 5.10. The molecule has 2 rings (SSSR count). The Bertz CT molecular complexity index is 741. The molecule has 0 aliphatic heterocycles. The number of rotatable bonds is 3. The van der Waals surface area contributed by atoms with E-state index in [1.807, 2.05) is 0 Å². The van der Waals surface area contributed by atoms with Gasteiger partial charge in [0, 0.05) is 10.8 Å².